The number of thiazole rings is 1. The Morgan fingerprint density at radius 1 is 1.47 bits per heavy atom. The molecule has 1 amide bonds. The molecule has 1 heterocycles. The van der Waals surface area contributed by atoms with Gasteiger partial charge in [-0.15, -0.1) is 11.3 Å². The maximum Gasteiger partial charge on any atom is 0.233 e. The van der Waals surface area contributed by atoms with E-state index in [0.717, 1.165) is 18.5 Å². The number of amides is 1. The van der Waals surface area contributed by atoms with Crippen molar-refractivity contribution in [2.75, 3.05) is 0 Å². The fourth-order valence-electron chi connectivity index (χ4n) is 2.23. The molecule has 0 bridgehead atoms. The molecule has 0 spiro atoms. The van der Waals surface area contributed by atoms with Crippen molar-refractivity contribution in [3.63, 3.8) is 0 Å². The summed E-state index contributed by atoms with van der Waals surface area (Å²) >= 11 is 6.67. The Kier molecular flexibility index (Phi) is 6.37. The maximum atomic E-state index is 12.5. The van der Waals surface area contributed by atoms with Crippen molar-refractivity contribution in [3.05, 3.63) is 16.6 Å². The summed E-state index contributed by atoms with van der Waals surface area (Å²) in [5.41, 5.74) is 7.75. The third-order valence-corrected chi connectivity index (χ3v) is 4.20. The van der Waals surface area contributed by atoms with Crippen LogP contribution >= 0.6 is 23.6 Å². The summed E-state index contributed by atoms with van der Waals surface area (Å²) in [6.07, 6.45) is 3.14. The van der Waals surface area contributed by atoms with Crippen LogP contribution in [0.3, 0.4) is 0 Å². The standard InChI is InChI=1S/C13H21N3OS2/c1-3-5-13(6-4-2,11(14)18)12(17)15-7-10-8-19-9-16-10/h8-9H,3-7H2,1-2H3,(H2,14,18)(H,15,17). The van der Waals surface area contributed by atoms with E-state index in [0.29, 0.717) is 24.4 Å². The Morgan fingerprint density at radius 3 is 2.53 bits per heavy atom. The van der Waals surface area contributed by atoms with Gasteiger partial charge in [0.25, 0.3) is 0 Å². The molecule has 0 fully saturated rings. The van der Waals surface area contributed by atoms with E-state index in [1.54, 1.807) is 5.51 Å². The molecule has 19 heavy (non-hydrogen) atoms. The number of hydrogen-bond acceptors (Lipinski definition) is 4. The molecule has 1 aromatic heterocycles. The van der Waals surface area contributed by atoms with Gasteiger partial charge in [0.15, 0.2) is 0 Å². The highest BCUT2D eigenvalue weighted by atomic mass is 32.1. The third kappa shape index (κ3) is 3.98. The zero-order valence-electron chi connectivity index (χ0n) is 11.4. The van der Waals surface area contributed by atoms with Crippen molar-refractivity contribution >= 4 is 34.5 Å². The lowest BCUT2D eigenvalue weighted by Crippen LogP contribution is -2.48. The Labute approximate surface area is 123 Å². The lowest BCUT2D eigenvalue weighted by atomic mass is 9.78. The molecule has 0 aromatic carbocycles. The van der Waals surface area contributed by atoms with Crippen molar-refractivity contribution < 1.29 is 4.79 Å². The minimum Gasteiger partial charge on any atom is -0.392 e. The summed E-state index contributed by atoms with van der Waals surface area (Å²) in [7, 11) is 0. The maximum absolute atomic E-state index is 12.5. The summed E-state index contributed by atoms with van der Waals surface area (Å²) in [5.74, 6) is -0.0725. The summed E-state index contributed by atoms with van der Waals surface area (Å²) in [5, 5.41) is 4.83. The molecule has 0 unspecified atom stereocenters. The topological polar surface area (TPSA) is 68.0 Å². The van der Waals surface area contributed by atoms with E-state index in [-0.39, 0.29) is 5.91 Å². The van der Waals surface area contributed by atoms with Gasteiger partial charge in [-0.25, -0.2) is 4.98 Å². The first-order valence-electron chi connectivity index (χ1n) is 6.52. The van der Waals surface area contributed by atoms with Crippen LogP contribution in [0.25, 0.3) is 0 Å². The van der Waals surface area contributed by atoms with Crippen LogP contribution in [0.15, 0.2) is 10.9 Å². The predicted molar refractivity (Wildman–Crippen MR) is 83.0 cm³/mol. The molecular weight excluding hydrogens is 278 g/mol. The minimum absolute atomic E-state index is 0.0725. The number of nitrogens with zero attached hydrogens (tertiary/aromatic N) is 1. The fourth-order valence-corrected chi connectivity index (χ4v) is 3.08. The summed E-state index contributed by atoms with van der Waals surface area (Å²) in [4.78, 5) is 16.9. The SMILES string of the molecule is CCCC(CCC)(C(=O)NCc1cscn1)C(N)=S. The second-order valence-electron chi connectivity index (χ2n) is 4.61. The lowest BCUT2D eigenvalue weighted by molar-refractivity contribution is -0.128. The van der Waals surface area contributed by atoms with Crippen LogP contribution in [0.5, 0.6) is 0 Å². The van der Waals surface area contributed by atoms with Gasteiger partial charge in [0, 0.05) is 5.38 Å². The number of carbonyl (C=O) groups excluding carboxylic acids is 1. The van der Waals surface area contributed by atoms with Crippen LogP contribution in [-0.4, -0.2) is 15.9 Å². The van der Waals surface area contributed by atoms with Gasteiger partial charge in [-0.1, -0.05) is 38.9 Å². The Bertz CT molecular complexity index is 412. The zero-order chi connectivity index (χ0) is 14.3. The first-order chi connectivity index (χ1) is 9.06. The molecule has 0 aliphatic rings. The number of carbonyl (C=O) groups is 1. The van der Waals surface area contributed by atoms with E-state index in [4.69, 9.17) is 18.0 Å². The number of nitrogens with two attached hydrogens (primary N) is 1. The van der Waals surface area contributed by atoms with Crippen molar-refractivity contribution in [3.8, 4) is 0 Å². The van der Waals surface area contributed by atoms with Crippen LogP contribution < -0.4 is 11.1 Å². The van der Waals surface area contributed by atoms with Crippen molar-refractivity contribution in [1.82, 2.24) is 10.3 Å². The molecule has 0 atom stereocenters. The molecular formula is C13H21N3OS2. The van der Waals surface area contributed by atoms with Gasteiger partial charge < -0.3 is 11.1 Å². The van der Waals surface area contributed by atoms with Crippen molar-refractivity contribution in [1.29, 1.82) is 0 Å². The second-order valence-corrected chi connectivity index (χ2v) is 5.77. The van der Waals surface area contributed by atoms with Gasteiger partial charge in [0.05, 0.1) is 28.2 Å². The monoisotopic (exact) mass is 299 g/mol. The normalized spacial score (nSPS) is 11.3. The van der Waals surface area contributed by atoms with E-state index in [1.807, 2.05) is 19.2 Å². The van der Waals surface area contributed by atoms with Gasteiger partial charge in [-0.2, -0.15) is 0 Å². The predicted octanol–water partition coefficient (Wildman–Crippen LogP) is 2.63. The molecule has 0 aliphatic carbocycles. The Balaban J connectivity index is 2.77. The molecule has 3 N–H and O–H groups in total. The molecule has 0 saturated heterocycles. The van der Waals surface area contributed by atoms with E-state index in [9.17, 15) is 4.79 Å². The van der Waals surface area contributed by atoms with Crippen LogP contribution in [0, 0.1) is 5.41 Å². The Morgan fingerprint density at radius 2 is 2.11 bits per heavy atom. The number of rotatable bonds is 8. The van der Waals surface area contributed by atoms with Crippen LogP contribution in [0.4, 0.5) is 0 Å². The van der Waals surface area contributed by atoms with Crippen molar-refractivity contribution in [2.24, 2.45) is 11.1 Å². The summed E-state index contributed by atoms with van der Waals surface area (Å²) in [6, 6.07) is 0. The molecule has 0 aliphatic heterocycles. The smallest absolute Gasteiger partial charge is 0.233 e. The van der Waals surface area contributed by atoms with E-state index >= 15 is 0 Å². The van der Waals surface area contributed by atoms with Crippen molar-refractivity contribution in [2.45, 2.75) is 46.1 Å². The third-order valence-electron chi connectivity index (χ3n) is 3.17. The van der Waals surface area contributed by atoms with E-state index in [2.05, 4.69) is 10.3 Å². The first kappa shape index (κ1) is 16.0. The van der Waals surface area contributed by atoms with Crippen LogP contribution in [0.1, 0.15) is 45.2 Å². The number of hydrogen-bond donors (Lipinski definition) is 2. The largest absolute Gasteiger partial charge is 0.392 e. The first-order valence-corrected chi connectivity index (χ1v) is 7.87. The zero-order valence-corrected chi connectivity index (χ0v) is 13.1. The molecule has 4 nitrogen and oxygen atoms in total. The fraction of sp³-hybridized carbons (Fsp3) is 0.615. The van der Waals surface area contributed by atoms with Crippen LogP contribution in [-0.2, 0) is 11.3 Å². The minimum atomic E-state index is -0.713. The number of thiocarbonyl (C=S) groups is 1. The molecule has 1 rings (SSSR count). The summed E-state index contributed by atoms with van der Waals surface area (Å²) in [6.45, 7) is 4.51. The van der Waals surface area contributed by atoms with Gasteiger partial charge in [-0.3, -0.25) is 4.79 Å². The number of aromatic nitrogens is 1. The molecule has 0 radical (unpaired) electrons. The van der Waals surface area contributed by atoms with Gasteiger partial charge >= 0.3 is 0 Å². The molecule has 6 heteroatoms. The van der Waals surface area contributed by atoms with Gasteiger partial charge in [-0.05, 0) is 12.8 Å². The Hall–Kier alpha value is -1.01. The highest BCUT2D eigenvalue weighted by molar-refractivity contribution is 7.80. The average Bonchev–Trinajstić information content (AvgIpc) is 2.88. The van der Waals surface area contributed by atoms with Gasteiger partial charge in [0.1, 0.15) is 0 Å². The van der Waals surface area contributed by atoms with Crippen LogP contribution in [0.2, 0.25) is 0 Å². The number of nitrogens with one attached hydrogen (secondary N) is 1. The average molecular weight is 299 g/mol. The lowest BCUT2D eigenvalue weighted by Gasteiger charge is -2.30. The van der Waals surface area contributed by atoms with Gasteiger partial charge in [0.2, 0.25) is 5.91 Å². The molecule has 106 valence electrons. The highest BCUT2D eigenvalue weighted by Crippen LogP contribution is 2.31. The highest BCUT2D eigenvalue weighted by Gasteiger charge is 2.39. The molecule has 0 saturated carbocycles. The quantitative estimate of drug-likeness (QED) is 0.724. The van der Waals surface area contributed by atoms with E-state index in [1.165, 1.54) is 11.3 Å². The second kappa shape index (κ2) is 7.55. The van der Waals surface area contributed by atoms with E-state index < -0.39 is 5.41 Å². The molecule has 1 aromatic rings. The summed E-state index contributed by atoms with van der Waals surface area (Å²) < 4.78 is 0.